The molecule has 1 aromatic heterocycles. The van der Waals surface area contributed by atoms with Gasteiger partial charge < -0.3 is 15.2 Å². The molecule has 1 aromatic carbocycles. The van der Waals surface area contributed by atoms with Crippen molar-refractivity contribution < 1.29 is 19.4 Å². The molecule has 1 heterocycles. The number of carboxylic acids is 1. The van der Waals surface area contributed by atoms with E-state index in [-0.39, 0.29) is 5.92 Å². The van der Waals surface area contributed by atoms with E-state index in [2.05, 4.69) is 10.3 Å². The number of hydrogen-bond acceptors (Lipinski definition) is 5. The van der Waals surface area contributed by atoms with Gasteiger partial charge in [0.05, 0.1) is 10.7 Å². The van der Waals surface area contributed by atoms with Crippen molar-refractivity contribution in [1.82, 2.24) is 10.3 Å². The molecule has 0 saturated carbocycles. The molecule has 2 rings (SSSR count). The number of carbonyl (C=O) groups is 2. The van der Waals surface area contributed by atoms with Gasteiger partial charge in [0.25, 0.3) is 5.91 Å². The summed E-state index contributed by atoms with van der Waals surface area (Å²) in [6.07, 6.45) is 0.660. The van der Waals surface area contributed by atoms with Gasteiger partial charge in [-0.25, -0.2) is 9.78 Å². The van der Waals surface area contributed by atoms with Gasteiger partial charge in [-0.2, -0.15) is 0 Å². The largest absolute Gasteiger partial charge is 0.487 e. The van der Waals surface area contributed by atoms with Crippen molar-refractivity contribution in [2.24, 2.45) is 5.92 Å². The maximum absolute atomic E-state index is 12.4. The number of rotatable bonds is 8. The van der Waals surface area contributed by atoms with E-state index in [4.69, 9.17) is 4.74 Å². The number of nitrogens with zero attached hydrogens (tertiary/aromatic N) is 1. The molecule has 7 heteroatoms. The lowest BCUT2D eigenvalue weighted by molar-refractivity contribution is -0.140. The molecule has 2 unspecified atom stereocenters. The summed E-state index contributed by atoms with van der Waals surface area (Å²) in [6, 6.07) is 5.77. The van der Waals surface area contributed by atoms with Crippen LogP contribution in [0.2, 0.25) is 0 Å². The van der Waals surface area contributed by atoms with Gasteiger partial charge in [0.15, 0.2) is 0 Å². The topological polar surface area (TPSA) is 88.5 Å². The van der Waals surface area contributed by atoms with Crippen LogP contribution in [0.15, 0.2) is 29.6 Å². The Morgan fingerprint density at radius 1 is 1.40 bits per heavy atom. The molecule has 1 amide bonds. The molecule has 0 fully saturated rings. The fourth-order valence-corrected chi connectivity index (χ4v) is 2.86. The van der Waals surface area contributed by atoms with Crippen LogP contribution in [0.1, 0.15) is 41.3 Å². The highest BCUT2D eigenvalue weighted by Crippen LogP contribution is 2.17. The SMILES string of the molecule is CCC(C)C(NC(=O)c1cccc(OCc2csc(C)n2)c1)C(=O)O. The van der Waals surface area contributed by atoms with Gasteiger partial charge in [-0.15, -0.1) is 11.3 Å². The second-order valence-corrected chi connectivity index (χ2v) is 6.91. The van der Waals surface area contributed by atoms with Gasteiger partial charge in [0.2, 0.25) is 0 Å². The molecular weight excluding hydrogens is 340 g/mol. The van der Waals surface area contributed by atoms with Crippen LogP contribution in [0.25, 0.3) is 0 Å². The van der Waals surface area contributed by atoms with E-state index >= 15 is 0 Å². The summed E-state index contributed by atoms with van der Waals surface area (Å²) < 4.78 is 5.67. The Kier molecular flexibility index (Phi) is 6.52. The number of benzene rings is 1. The predicted octanol–water partition coefficient (Wildman–Crippen LogP) is 3.26. The number of aryl methyl sites for hydroxylation is 1. The summed E-state index contributed by atoms with van der Waals surface area (Å²) in [7, 11) is 0. The fourth-order valence-electron chi connectivity index (χ4n) is 2.27. The van der Waals surface area contributed by atoms with Crippen molar-refractivity contribution in [3.8, 4) is 5.75 Å². The molecule has 0 saturated heterocycles. The number of ether oxygens (including phenoxy) is 1. The highest BCUT2D eigenvalue weighted by atomic mass is 32.1. The Bertz CT molecular complexity index is 744. The van der Waals surface area contributed by atoms with E-state index in [0.717, 1.165) is 10.7 Å². The zero-order valence-corrected chi connectivity index (χ0v) is 15.3. The van der Waals surface area contributed by atoms with Crippen LogP contribution in [-0.2, 0) is 11.4 Å². The predicted molar refractivity (Wildman–Crippen MR) is 96.0 cm³/mol. The summed E-state index contributed by atoms with van der Waals surface area (Å²) in [5.74, 6) is -1.08. The van der Waals surface area contributed by atoms with Gasteiger partial charge in [-0.1, -0.05) is 26.3 Å². The van der Waals surface area contributed by atoms with Crippen LogP contribution in [0.4, 0.5) is 0 Å². The minimum Gasteiger partial charge on any atom is -0.487 e. The van der Waals surface area contributed by atoms with Gasteiger partial charge in [-0.05, 0) is 31.0 Å². The smallest absolute Gasteiger partial charge is 0.326 e. The maximum Gasteiger partial charge on any atom is 0.326 e. The number of carbonyl (C=O) groups excluding carboxylic acids is 1. The van der Waals surface area contributed by atoms with Crippen LogP contribution >= 0.6 is 11.3 Å². The number of thiazole rings is 1. The molecule has 0 aliphatic carbocycles. The molecule has 0 aliphatic heterocycles. The van der Waals surface area contributed by atoms with E-state index < -0.39 is 17.9 Å². The number of amides is 1. The average molecular weight is 362 g/mol. The van der Waals surface area contributed by atoms with Crippen molar-refractivity contribution in [3.05, 3.63) is 45.9 Å². The average Bonchev–Trinajstić information content (AvgIpc) is 3.02. The molecule has 25 heavy (non-hydrogen) atoms. The Labute approximate surface area is 150 Å². The van der Waals surface area contributed by atoms with Crippen LogP contribution in [0, 0.1) is 12.8 Å². The van der Waals surface area contributed by atoms with E-state index in [1.165, 1.54) is 0 Å². The fraction of sp³-hybridized carbons (Fsp3) is 0.389. The second kappa shape index (κ2) is 8.62. The first-order chi connectivity index (χ1) is 11.9. The van der Waals surface area contributed by atoms with Crippen LogP contribution in [-0.4, -0.2) is 28.0 Å². The summed E-state index contributed by atoms with van der Waals surface area (Å²) in [5, 5.41) is 14.8. The molecule has 6 nitrogen and oxygen atoms in total. The highest BCUT2D eigenvalue weighted by molar-refractivity contribution is 7.09. The van der Waals surface area contributed by atoms with Gasteiger partial charge in [0.1, 0.15) is 18.4 Å². The third kappa shape index (κ3) is 5.29. The van der Waals surface area contributed by atoms with Crippen LogP contribution < -0.4 is 10.1 Å². The lowest BCUT2D eigenvalue weighted by Crippen LogP contribution is -2.45. The van der Waals surface area contributed by atoms with Gasteiger partial charge in [0, 0.05) is 10.9 Å². The van der Waals surface area contributed by atoms with Crippen molar-refractivity contribution in [2.75, 3.05) is 0 Å². The third-order valence-electron chi connectivity index (χ3n) is 3.92. The Morgan fingerprint density at radius 2 is 2.16 bits per heavy atom. The first-order valence-corrected chi connectivity index (χ1v) is 8.96. The third-order valence-corrected chi connectivity index (χ3v) is 4.74. The first kappa shape index (κ1) is 18.9. The quantitative estimate of drug-likeness (QED) is 0.752. The van der Waals surface area contributed by atoms with Crippen molar-refractivity contribution >= 4 is 23.2 Å². The van der Waals surface area contributed by atoms with Crippen molar-refractivity contribution in [3.63, 3.8) is 0 Å². The number of hydrogen-bond donors (Lipinski definition) is 2. The Hall–Kier alpha value is -2.41. The lowest BCUT2D eigenvalue weighted by atomic mass is 9.99. The zero-order valence-electron chi connectivity index (χ0n) is 14.5. The minimum atomic E-state index is -1.03. The van der Waals surface area contributed by atoms with Crippen LogP contribution in [0.5, 0.6) is 5.75 Å². The molecule has 0 bridgehead atoms. The van der Waals surface area contributed by atoms with E-state index in [0.29, 0.717) is 24.3 Å². The standard InChI is InChI=1S/C18H22N2O4S/c1-4-11(2)16(18(22)23)20-17(21)13-6-5-7-15(8-13)24-9-14-10-25-12(3)19-14/h5-8,10-11,16H,4,9H2,1-3H3,(H,20,21)(H,22,23). The zero-order chi connectivity index (χ0) is 18.4. The lowest BCUT2D eigenvalue weighted by Gasteiger charge is -2.20. The second-order valence-electron chi connectivity index (χ2n) is 5.85. The molecule has 0 radical (unpaired) electrons. The molecule has 2 atom stereocenters. The Morgan fingerprint density at radius 3 is 2.76 bits per heavy atom. The number of nitrogens with one attached hydrogen (secondary N) is 1. The summed E-state index contributed by atoms with van der Waals surface area (Å²) >= 11 is 1.55. The summed E-state index contributed by atoms with van der Waals surface area (Å²) in [6.45, 7) is 5.94. The van der Waals surface area contributed by atoms with Gasteiger partial charge >= 0.3 is 5.97 Å². The Balaban J connectivity index is 2.03. The molecule has 134 valence electrons. The molecule has 0 aliphatic rings. The molecular formula is C18H22N2O4S. The minimum absolute atomic E-state index is 0.159. The van der Waals surface area contributed by atoms with Gasteiger partial charge in [-0.3, -0.25) is 4.79 Å². The van der Waals surface area contributed by atoms with Crippen molar-refractivity contribution in [2.45, 2.75) is 39.8 Å². The summed E-state index contributed by atoms with van der Waals surface area (Å²) in [4.78, 5) is 28.0. The monoisotopic (exact) mass is 362 g/mol. The van der Waals surface area contributed by atoms with E-state index in [1.54, 1.807) is 42.5 Å². The number of carboxylic acid groups (broad SMARTS) is 1. The van der Waals surface area contributed by atoms with E-state index in [1.807, 2.05) is 19.2 Å². The number of aliphatic carboxylic acids is 1. The van der Waals surface area contributed by atoms with Crippen LogP contribution in [0.3, 0.4) is 0 Å². The molecule has 0 spiro atoms. The highest BCUT2D eigenvalue weighted by Gasteiger charge is 2.25. The van der Waals surface area contributed by atoms with E-state index in [9.17, 15) is 14.7 Å². The summed E-state index contributed by atoms with van der Waals surface area (Å²) in [5.41, 5.74) is 1.20. The normalized spacial score (nSPS) is 13.1. The molecule has 2 aromatic rings. The number of aromatic nitrogens is 1. The first-order valence-electron chi connectivity index (χ1n) is 8.08. The van der Waals surface area contributed by atoms with Crippen molar-refractivity contribution in [1.29, 1.82) is 0 Å². The maximum atomic E-state index is 12.4. The molecule has 2 N–H and O–H groups in total.